The molecule has 172 valence electrons. The van der Waals surface area contributed by atoms with E-state index in [1.807, 2.05) is 0 Å². The van der Waals surface area contributed by atoms with Crippen LogP contribution in [0, 0.1) is 10.1 Å². The van der Waals surface area contributed by atoms with E-state index in [0.717, 1.165) is 26.4 Å². The van der Waals surface area contributed by atoms with Crippen molar-refractivity contribution in [3.8, 4) is 0 Å². The monoisotopic (exact) mass is 470 g/mol. The summed E-state index contributed by atoms with van der Waals surface area (Å²) in [6.07, 6.45) is -1.34. The number of nitrogens with zero attached hydrogens (tertiary/aromatic N) is 4. The van der Waals surface area contributed by atoms with Crippen molar-refractivity contribution in [3.63, 3.8) is 0 Å². The van der Waals surface area contributed by atoms with Crippen molar-refractivity contribution in [2.75, 3.05) is 6.61 Å². The summed E-state index contributed by atoms with van der Waals surface area (Å²) in [5.74, 6) is -2.06. The highest BCUT2D eigenvalue weighted by Gasteiger charge is 2.60. The molecule has 0 unspecified atom stereocenters. The number of carbonyl (C=O) groups excluding carboxylic acids is 3. The first-order valence-corrected chi connectivity index (χ1v) is 9.64. The zero-order valence-corrected chi connectivity index (χ0v) is 18.2. The average molecular weight is 471 g/mol. The summed E-state index contributed by atoms with van der Waals surface area (Å²) in [7, 11) is 0. The molecule has 13 nitrogen and oxygen atoms in total. The molecule has 2 aromatic heterocycles. The van der Waals surface area contributed by atoms with Gasteiger partial charge in [-0.15, -0.1) is 0 Å². The Hall–Kier alpha value is -3.32. The molecular weight excluding hydrogens is 452 g/mol. The molecule has 0 N–H and O–H groups in total. The van der Waals surface area contributed by atoms with Crippen LogP contribution in [-0.4, -0.2) is 61.8 Å². The van der Waals surface area contributed by atoms with Crippen molar-refractivity contribution >= 4 is 46.2 Å². The minimum Gasteiger partial charge on any atom is -0.463 e. The van der Waals surface area contributed by atoms with Crippen LogP contribution >= 0.6 is 11.6 Å². The molecule has 14 heteroatoms. The minimum absolute atomic E-state index is 0.0230. The van der Waals surface area contributed by atoms with Crippen molar-refractivity contribution in [3.05, 3.63) is 27.8 Å². The summed E-state index contributed by atoms with van der Waals surface area (Å²) in [5, 5.41) is 11.4. The molecular formula is C18H19ClN4O9. The van der Waals surface area contributed by atoms with Gasteiger partial charge in [0.15, 0.2) is 23.6 Å². The lowest BCUT2D eigenvalue weighted by atomic mass is 9.95. The standard InChI is InChI=1S/C18H19ClN4O9/c1-8(24)29-6-12-14(30-9(2)25)18(4,32-10(3)26)17(31-12)22-5-11(23(27)28)13-15(19)20-7-21-16(13)22/h5,7,12,14,17H,6H2,1-4H3/t12-,14-,17-,18+/m1/s1. The molecule has 0 aliphatic carbocycles. The van der Waals surface area contributed by atoms with Gasteiger partial charge in [0, 0.05) is 20.8 Å². The van der Waals surface area contributed by atoms with E-state index in [2.05, 4.69) is 9.97 Å². The average Bonchev–Trinajstić information content (AvgIpc) is 3.17. The van der Waals surface area contributed by atoms with Crippen molar-refractivity contribution < 1.29 is 38.3 Å². The van der Waals surface area contributed by atoms with Gasteiger partial charge in [0.2, 0.25) is 0 Å². The molecule has 0 aromatic carbocycles. The summed E-state index contributed by atoms with van der Waals surface area (Å²) in [6, 6.07) is 0. The number of ether oxygens (including phenoxy) is 4. The van der Waals surface area contributed by atoms with Crippen LogP contribution < -0.4 is 0 Å². The maximum absolute atomic E-state index is 11.9. The number of aromatic nitrogens is 3. The number of fused-ring (bicyclic) bond motifs is 1. The molecule has 0 amide bonds. The third kappa shape index (κ3) is 4.21. The molecule has 0 spiro atoms. The Morgan fingerprint density at radius 3 is 2.50 bits per heavy atom. The topological polar surface area (TPSA) is 162 Å². The molecule has 0 bridgehead atoms. The molecule has 4 atom stereocenters. The Kier molecular flexibility index (Phi) is 6.32. The molecule has 0 radical (unpaired) electrons. The molecule has 1 fully saturated rings. The van der Waals surface area contributed by atoms with Crippen LogP contribution in [0.5, 0.6) is 0 Å². The third-order valence-electron chi connectivity index (χ3n) is 4.80. The van der Waals surface area contributed by atoms with Crippen LogP contribution in [0.25, 0.3) is 11.0 Å². The predicted octanol–water partition coefficient (Wildman–Crippen LogP) is 1.71. The maximum Gasteiger partial charge on any atom is 0.303 e. The highest BCUT2D eigenvalue weighted by Crippen LogP contribution is 2.46. The summed E-state index contributed by atoms with van der Waals surface area (Å²) >= 11 is 6.07. The van der Waals surface area contributed by atoms with E-state index in [9.17, 15) is 24.5 Å². The normalized spacial score (nSPS) is 24.8. The molecule has 3 heterocycles. The fraction of sp³-hybridized carbons (Fsp3) is 0.500. The SMILES string of the molecule is CC(=O)OC[C@H]1O[C@@H](n2cc([N+](=O)[O-])c3c(Cl)ncnc32)[C@@](C)(OC(C)=O)[C@@H]1OC(C)=O. The summed E-state index contributed by atoms with van der Waals surface area (Å²) in [6.45, 7) is 4.56. The third-order valence-corrected chi connectivity index (χ3v) is 5.08. The highest BCUT2D eigenvalue weighted by molar-refractivity contribution is 6.34. The lowest BCUT2D eigenvalue weighted by Gasteiger charge is -2.34. The van der Waals surface area contributed by atoms with Gasteiger partial charge in [-0.3, -0.25) is 29.1 Å². The summed E-state index contributed by atoms with van der Waals surface area (Å²) in [4.78, 5) is 53.8. The Bertz CT molecular complexity index is 1100. The van der Waals surface area contributed by atoms with Crippen molar-refractivity contribution in [2.45, 2.75) is 51.7 Å². The number of hydrogen-bond donors (Lipinski definition) is 0. The zero-order valence-electron chi connectivity index (χ0n) is 17.4. The maximum atomic E-state index is 11.9. The molecule has 3 rings (SSSR count). The van der Waals surface area contributed by atoms with Crippen LogP contribution in [0.1, 0.15) is 33.9 Å². The van der Waals surface area contributed by atoms with Gasteiger partial charge in [-0.05, 0) is 6.92 Å². The summed E-state index contributed by atoms with van der Waals surface area (Å²) in [5.41, 5.74) is -2.07. The van der Waals surface area contributed by atoms with Crippen LogP contribution in [-0.2, 0) is 33.3 Å². The second-order valence-corrected chi connectivity index (χ2v) is 7.54. The number of hydrogen-bond acceptors (Lipinski definition) is 11. The molecule has 32 heavy (non-hydrogen) atoms. The first-order chi connectivity index (χ1) is 15.0. The van der Waals surface area contributed by atoms with Gasteiger partial charge < -0.3 is 18.9 Å². The van der Waals surface area contributed by atoms with Crippen molar-refractivity contribution in [1.29, 1.82) is 0 Å². The molecule has 1 saturated heterocycles. The fourth-order valence-electron chi connectivity index (χ4n) is 3.69. The van der Waals surface area contributed by atoms with Gasteiger partial charge in [0.25, 0.3) is 5.69 Å². The Labute approximate surface area is 185 Å². The van der Waals surface area contributed by atoms with Gasteiger partial charge in [0.05, 0.1) is 11.1 Å². The Morgan fingerprint density at radius 2 is 1.94 bits per heavy atom. The number of carbonyl (C=O) groups is 3. The van der Waals surface area contributed by atoms with Gasteiger partial charge in [-0.1, -0.05) is 11.6 Å². The van der Waals surface area contributed by atoms with Gasteiger partial charge in [0.1, 0.15) is 29.6 Å². The van der Waals surface area contributed by atoms with Crippen LogP contribution in [0.4, 0.5) is 5.69 Å². The fourth-order valence-corrected chi connectivity index (χ4v) is 3.91. The first-order valence-electron chi connectivity index (χ1n) is 9.26. The van der Waals surface area contributed by atoms with E-state index in [-0.39, 0.29) is 22.8 Å². The van der Waals surface area contributed by atoms with Crippen LogP contribution in [0.15, 0.2) is 12.5 Å². The predicted molar refractivity (Wildman–Crippen MR) is 105 cm³/mol. The molecule has 1 aliphatic rings. The lowest BCUT2D eigenvalue weighted by molar-refractivity contribution is -0.383. The van der Waals surface area contributed by atoms with Crippen LogP contribution in [0.2, 0.25) is 5.15 Å². The number of halogens is 1. The van der Waals surface area contributed by atoms with E-state index in [1.54, 1.807) is 0 Å². The van der Waals surface area contributed by atoms with E-state index in [1.165, 1.54) is 18.4 Å². The van der Waals surface area contributed by atoms with E-state index >= 15 is 0 Å². The van der Waals surface area contributed by atoms with Crippen LogP contribution in [0.3, 0.4) is 0 Å². The van der Waals surface area contributed by atoms with Crippen molar-refractivity contribution in [1.82, 2.24) is 14.5 Å². The van der Waals surface area contributed by atoms with E-state index in [0.29, 0.717) is 0 Å². The Balaban J connectivity index is 2.20. The second-order valence-electron chi connectivity index (χ2n) is 7.18. The first kappa shape index (κ1) is 23.3. The second kappa shape index (κ2) is 8.67. The smallest absolute Gasteiger partial charge is 0.303 e. The lowest BCUT2D eigenvalue weighted by Crippen LogP contribution is -2.50. The molecule has 0 saturated carbocycles. The quantitative estimate of drug-likeness (QED) is 0.198. The minimum atomic E-state index is -1.68. The van der Waals surface area contributed by atoms with E-state index in [4.69, 9.17) is 30.5 Å². The van der Waals surface area contributed by atoms with Gasteiger partial charge >= 0.3 is 17.9 Å². The Morgan fingerprint density at radius 1 is 1.25 bits per heavy atom. The van der Waals surface area contributed by atoms with Gasteiger partial charge in [-0.2, -0.15) is 0 Å². The molecule has 1 aliphatic heterocycles. The summed E-state index contributed by atoms with van der Waals surface area (Å²) < 4.78 is 23.1. The van der Waals surface area contributed by atoms with Gasteiger partial charge in [-0.25, -0.2) is 9.97 Å². The zero-order chi connectivity index (χ0) is 23.8. The number of nitro groups is 1. The number of esters is 3. The van der Waals surface area contributed by atoms with E-state index < -0.39 is 52.6 Å². The van der Waals surface area contributed by atoms with Crippen molar-refractivity contribution in [2.24, 2.45) is 0 Å². The molecule has 2 aromatic rings. The largest absolute Gasteiger partial charge is 0.463 e. The highest BCUT2D eigenvalue weighted by atomic mass is 35.5. The number of rotatable bonds is 6.